The fourth-order valence-electron chi connectivity index (χ4n) is 5.34. The molecule has 0 radical (unpaired) electrons. The average Bonchev–Trinajstić information content (AvgIpc) is 3.17. The highest BCUT2D eigenvalue weighted by atomic mass is 16.5. The van der Waals surface area contributed by atoms with Crippen molar-refractivity contribution in [2.45, 2.75) is 51.5 Å². The summed E-state index contributed by atoms with van der Waals surface area (Å²) >= 11 is 0. The molecule has 1 aromatic carbocycles. The Bertz CT molecular complexity index is 500. The Labute approximate surface area is 128 Å². The lowest BCUT2D eigenvalue weighted by Gasteiger charge is -2.32. The molecule has 3 fully saturated rings. The Morgan fingerprint density at radius 3 is 2.95 bits per heavy atom. The number of fused-ring (bicyclic) bond motifs is 5. The van der Waals surface area contributed by atoms with Crippen LogP contribution in [0.4, 0.5) is 5.69 Å². The minimum atomic E-state index is 0.704. The zero-order valence-corrected chi connectivity index (χ0v) is 13.1. The molecule has 1 N–H and O–H groups in total. The van der Waals surface area contributed by atoms with Crippen molar-refractivity contribution in [2.75, 3.05) is 11.9 Å². The highest BCUT2D eigenvalue weighted by Crippen LogP contribution is 2.59. The van der Waals surface area contributed by atoms with Gasteiger partial charge in [0.2, 0.25) is 0 Å². The number of hydrogen-bond acceptors (Lipinski definition) is 2. The lowest BCUT2D eigenvalue weighted by Crippen LogP contribution is -2.33. The molecule has 4 rings (SSSR count). The van der Waals surface area contributed by atoms with Crippen molar-refractivity contribution in [3.05, 3.63) is 24.3 Å². The molecule has 2 nitrogen and oxygen atoms in total. The molecule has 0 amide bonds. The number of rotatable bonds is 5. The van der Waals surface area contributed by atoms with Crippen molar-refractivity contribution < 1.29 is 4.74 Å². The number of anilines is 1. The van der Waals surface area contributed by atoms with Crippen LogP contribution < -0.4 is 10.1 Å². The second-order valence-corrected chi connectivity index (χ2v) is 7.28. The molecular formula is C19H27NO. The lowest BCUT2D eigenvalue weighted by atomic mass is 9.79. The van der Waals surface area contributed by atoms with Gasteiger partial charge in [0.15, 0.2) is 0 Å². The van der Waals surface area contributed by atoms with Crippen molar-refractivity contribution in [3.63, 3.8) is 0 Å². The quantitative estimate of drug-likeness (QED) is 0.845. The summed E-state index contributed by atoms with van der Waals surface area (Å²) in [7, 11) is 0. The molecule has 0 heterocycles. The van der Waals surface area contributed by atoms with Crippen molar-refractivity contribution in [1.82, 2.24) is 0 Å². The van der Waals surface area contributed by atoms with E-state index in [1.807, 2.05) is 0 Å². The zero-order chi connectivity index (χ0) is 14.2. The third-order valence-corrected chi connectivity index (χ3v) is 6.09. The second kappa shape index (κ2) is 5.55. The predicted octanol–water partition coefficient (Wildman–Crippen LogP) is 4.71. The summed E-state index contributed by atoms with van der Waals surface area (Å²) in [5.41, 5.74) is 1.25. The molecule has 21 heavy (non-hydrogen) atoms. The fraction of sp³-hybridized carbons (Fsp3) is 0.684. The fourth-order valence-corrected chi connectivity index (χ4v) is 5.34. The van der Waals surface area contributed by atoms with E-state index in [0.717, 1.165) is 42.4 Å². The molecule has 5 unspecified atom stereocenters. The molecule has 114 valence electrons. The van der Waals surface area contributed by atoms with Gasteiger partial charge in [-0.3, -0.25) is 0 Å². The molecule has 5 atom stereocenters. The Kier molecular flexibility index (Phi) is 3.56. The molecule has 1 aromatic rings. The maximum absolute atomic E-state index is 5.75. The van der Waals surface area contributed by atoms with Gasteiger partial charge in [0.1, 0.15) is 5.75 Å². The largest absolute Gasteiger partial charge is 0.494 e. The van der Waals surface area contributed by atoms with Crippen LogP contribution in [0, 0.1) is 23.7 Å². The van der Waals surface area contributed by atoms with Crippen molar-refractivity contribution in [1.29, 1.82) is 0 Å². The molecular weight excluding hydrogens is 258 g/mol. The van der Waals surface area contributed by atoms with Gasteiger partial charge < -0.3 is 10.1 Å². The van der Waals surface area contributed by atoms with Gasteiger partial charge in [-0.05, 0) is 67.9 Å². The van der Waals surface area contributed by atoms with Crippen LogP contribution in [0.2, 0.25) is 0 Å². The van der Waals surface area contributed by atoms with Gasteiger partial charge in [0.05, 0.1) is 6.61 Å². The number of nitrogens with one attached hydrogen (secondary N) is 1. The van der Waals surface area contributed by atoms with E-state index >= 15 is 0 Å². The number of benzene rings is 1. The number of hydrogen-bond donors (Lipinski definition) is 1. The van der Waals surface area contributed by atoms with Crippen molar-refractivity contribution in [2.24, 2.45) is 23.7 Å². The SMILES string of the molecule is CCCOc1cccc(NC2CC3CC2C2CCCC32)c1. The van der Waals surface area contributed by atoms with Crippen molar-refractivity contribution >= 4 is 5.69 Å². The van der Waals surface area contributed by atoms with Gasteiger partial charge in [-0.1, -0.05) is 19.4 Å². The molecule has 2 heteroatoms. The third kappa shape index (κ3) is 2.43. The van der Waals surface area contributed by atoms with Gasteiger partial charge in [-0.2, -0.15) is 0 Å². The van der Waals surface area contributed by atoms with E-state index < -0.39 is 0 Å². The Balaban J connectivity index is 1.43. The van der Waals surface area contributed by atoms with Gasteiger partial charge in [0, 0.05) is 17.8 Å². The Morgan fingerprint density at radius 1 is 1.14 bits per heavy atom. The van der Waals surface area contributed by atoms with Crippen LogP contribution in [0.5, 0.6) is 5.75 Å². The van der Waals surface area contributed by atoms with Crippen molar-refractivity contribution in [3.8, 4) is 5.75 Å². The molecule has 3 aliphatic rings. The molecule has 3 aliphatic carbocycles. The van der Waals surface area contributed by atoms with Crippen LogP contribution in [0.15, 0.2) is 24.3 Å². The summed E-state index contributed by atoms with van der Waals surface area (Å²) in [6.07, 6.45) is 8.43. The first-order valence-electron chi connectivity index (χ1n) is 8.84. The standard InChI is InChI=1S/C19H27NO/c1-2-9-21-15-6-3-5-14(12-15)20-19-11-13-10-18(19)17-8-4-7-16(13)17/h3,5-6,12-13,16-20H,2,4,7-11H2,1H3. The molecule has 0 aromatic heterocycles. The number of ether oxygens (including phenoxy) is 1. The molecule has 0 aliphatic heterocycles. The second-order valence-electron chi connectivity index (χ2n) is 7.28. The van der Waals surface area contributed by atoms with Crippen LogP contribution in [-0.4, -0.2) is 12.6 Å². The highest BCUT2D eigenvalue weighted by molar-refractivity contribution is 5.49. The summed E-state index contributed by atoms with van der Waals surface area (Å²) in [6, 6.07) is 9.24. The van der Waals surface area contributed by atoms with E-state index in [2.05, 4.69) is 36.5 Å². The topological polar surface area (TPSA) is 21.3 Å². The third-order valence-electron chi connectivity index (χ3n) is 6.09. The predicted molar refractivity (Wildman–Crippen MR) is 86.7 cm³/mol. The van der Waals surface area contributed by atoms with E-state index in [-0.39, 0.29) is 0 Å². The van der Waals surface area contributed by atoms with E-state index in [0.29, 0.717) is 6.04 Å². The summed E-state index contributed by atoms with van der Waals surface area (Å²) in [6.45, 7) is 2.96. The molecule has 0 spiro atoms. The van der Waals surface area contributed by atoms with E-state index in [4.69, 9.17) is 4.74 Å². The molecule has 0 saturated heterocycles. The Morgan fingerprint density at radius 2 is 2.05 bits per heavy atom. The van der Waals surface area contributed by atoms with Crippen LogP contribution in [0.25, 0.3) is 0 Å². The maximum atomic E-state index is 5.75. The maximum Gasteiger partial charge on any atom is 0.121 e. The summed E-state index contributed by atoms with van der Waals surface area (Å²) in [5.74, 6) is 5.05. The monoisotopic (exact) mass is 285 g/mol. The normalized spacial score (nSPS) is 36.7. The van der Waals surface area contributed by atoms with Gasteiger partial charge >= 0.3 is 0 Å². The molecule has 2 bridgehead atoms. The molecule has 3 saturated carbocycles. The van der Waals surface area contributed by atoms with E-state index in [1.54, 1.807) is 0 Å². The smallest absolute Gasteiger partial charge is 0.121 e. The van der Waals surface area contributed by atoms with Gasteiger partial charge in [-0.15, -0.1) is 0 Å². The summed E-state index contributed by atoms with van der Waals surface area (Å²) in [5, 5.41) is 3.82. The first-order valence-corrected chi connectivity index (χ1v) is 8.84. The van der Waals surface area contributed by atoms with Crippen LogP contribution in [0.3, 0.4) is 0 Å². The van der Waals surface area contributed by atoms with Gasteiger partial charge in [-0.25, -0.2) is 0 Å². The van der Waals surface area contributed by atoms with Crippen LogP contribution in [0.1, 0.15) is 45.4 Å². The first kappa shape index (κ1) is 13.5. The first-order chi connectivity index (χ1) is 10.3. The van der Waals surface area contributed by atoms with E-state index in [1.165, 1.54) is 37.8 Å². The summed E-state index contributed by atoms with van der Waals surface area (Å²) in [4.78, 5) is 0. The van der Waals surface area contributed by atoms with Crippen LogP contribution >= 0.6 is 0 Å². The minimum absolute atomic E-state index is 0.704. The van der Waals surface area contributed by atoms with Gasteiger partial charge in [0.25, 0.3) is 0 Å². The lowest BCUT2D eigenvalue weighted by molar-refractivity contribution is 0.243. The average molecular weight is 285 g/mol. The van der Waals surface area contributed by atoms with Crippen LogP contribution in [-0.2, 0) is 0 Å². The zero-order valence-electron chi connectivity index (χ0n) is 13.1. The summed E-state index contributed by atoms with van der Waals surface area (Å²) < 4.78 is 5.75. The minimum Gasteiger partial charge on any atom is -0.494 e. The highest BCUT2D eigenvalue weighted by Gasteiger charge is 2.53. The Hall–Kier alpha value is -1.18. The van der Waals surface area contributed by atoms with E-state index in [9.17, 15) is 0 Å².